The van der Waals surface area contributed by atoms with Gasteiger partial charge in [-0.1, -0.05) is 12.2 Å². The molecular formula is C17H25O7P. The topological polar surface area (TPSA) is 80.3 Å². The van der Waals surface area contributed by atoms with Crippen molar-refractivity contribution in [2.45, 2.75) is 20.8 Å². The van der Waals surface area contributed by atoms with Crippen molar-refractivity contribution in [2.24, 2.45) is 0 Å². The third kappa shape index (κ3) is 6.53. The maximum atomic E-state index is 12.4. The highest BCUT2D eigenvalue weighted by Crippen LogP contribution is 2.48. The molecule has 0 heterocycles. The van der Waals surface area contributed by atoms with Crippen molar-refractivity contribution in [3.8, 4) is 17.2 Å². The summed E-state index contributed by atoms with van der Waals surface area (Å²) in [6, 6.07) is 3.37. The van der Waals surface area contributed by atoms with E-state index >= 15 is 0 Å². The van der Waals surface area contributed by atoms with E-state index in [9.17, 15) is 9.36 Å². The van der Waals surface area contributed by atoms with Gasteiger partial charge < -0.3 is 23.3 Å². The molecule has 1 aromatic rings. The summed E-state index contributed by atoms with van der Waals surface area (Å²) in [6.45, 7) is 5.44. The number of hydrogen-bond acceptors (Lipinski definition) is 7. The molecule has 1 rings (SSSR count). The van der Waals surface area contributed by atoms with Crippen molar-refractivity contribution in [1.82, 2.24) is 0 Å². The summed E-state index contributed by atoms with van der Waals surface area (Å²) in [5, 5.41) is 0. The van der Waals surface area contributed by atoms with E-state index in [0.717, 1.165) is 5.56 Å². The van der Waals surface area contributed by atoms with E-state index in [0.29, 0.717) is 24.7 Å². The number of allylic oxidation sites excluding steroid dienone is 1. The minimum Gasteiger partial charge on any atom is -0.493 e. The minimum absolute atomic E-state index is 0.144. The summed E-state index contributed by atoms with van der Waals surface area (Å²) in [6.07, 6.45) is 3.59. The minimum atomic E-state index is -3.14. The van der Waals surface area contributed by atoms with E-state index in [4.69, 9.17) is 23.3 Å². The predicted octanol–water partition coefficient (Wildman–Crippen LogP) is 3.91. The monoisotopic (exact) mass is 372 g/mol. The Morgan fingerprint density at radius 2 is 1.60 bits per heavy atom. The lowest BCUT2D eigenvalue weighted by Gasteiger charge is -2.15. The number of hydrogen-bond donors (Lipinski definition) is 0. The molecule has 7 nitrogen and oxygen atoms in total. The molecule has 8 heteroatoms. The Labute approximate surface area is 148 Å². The van der Waals surface area contributed by atoms with Gasteiger partial charge in [0.05, 0.1) is 33.6 Å². The Morgan fingerprint density at radius 3 is 2.00 bits per heavy atom. The van der Waals surface area contributed by atoms with Gasteiger partial charge in [-0.2, -0.15) is 0 Å². The number of carbonyl (C=O) groups is 1. The van der Waals surface area contributed by atoms with Crippen LogP contribution in [0.25, 0.3) is 6.08 Å². The summed E-state index contributed by atoms with van der Waals surface area (Å²) < 4.78 is 38.5. The smallest absolute Gasteiger partial charge is 0.334 e. The molecule has 0 aliphatic carbocycles. The fourth-order valence-electron chi connectivity index (χ4n) is 2.09. The SMILES string of the molecule is CCOP(=O)(C/C=C/c1cc(OC)c(OC(C)=O)c(OC)c1)OCC. The standard InChI is InChI=1S/C17H25O7P/c1-6-22-25(19,23-7-2)10-8-9-14-11-15(20-4)17(24-13(3)18)16(12-14)21-5/h8-9,11-12H,6-7,10H2,1-5H3/b9-8+. The number of carbonyl (C=O) groups excluding carboxylic acids is 1. The van der Waals surface area contributed by atoms with Crippen LogP contribution in [0.4, 0.5) is 0 Å². The number of methoxy groups -OCH3 is 2. The second-order valence-corrected chi connectivity index (χ2v) is 6.98. The quantitative estimate of drug-likeness (QED) is 0.350. The maximum Gasteiger partial charge on any atom is 0.334 e. The van der Waals surface area contributed by atoms with Crippen molar-refractivity contribution in [1.29, 1.82) is 0 Å². The van der Waals surface area contributed by atoms with Gasteiger partial charge in [0.15, 0.2) is 11.5 Å². The van der Waals surface area contributed by atoms with Gasteiger partial charge in [-0.3, -0.25) is 9.36 Å². The van der Waals surface area contributed by atoms with E-state index in [1.165, 1.54) is 21.1 Å². The number of rotatable bonds is 10. The molecule has 0 aliphatic rings. The van der Waals surface area contributed by atoms with Crippen LogP contribution in [0.5, 0.6) is 17.2 Å². The average molecular weight is 372 g/mol. The van der Waals surface area contributed by atoms with Crippen LogP contribution in [-0.2, 0) is 18.4 Å². The lowest BCUT2D eigenvalue weighted by atomic mass is 10.1. The summed E-state index contributed by atoms with van der Waals surface area (Å²) >= 11 is 0. The normalized spacial score (nSPS) is 11.6. The molecule has 140 valence electrons. The van der Waals surface area contributed by atoms with Gasteiger partial charge in [0.1, 0.15) is 0 Å². The Kier molecular flexibility index (Phi) is 8.69. The lowest BCUT2D eigenvalue weighted by molar-refractivity contribution is -0.132. The van der Waals surface area contributed by atoms with Crippen LogP contribution < -0.4 is 14.2 Å². The molecular weight excluding hydrogens is 347 g/mol. The van der Waals surface area contributed by atoms with Gasteiger partial charge >= 0.3 is 13.6 Å². The molecule has 0 atom stereocenters. The van der Waals surface area contributed by atoms with E-state index in [1.54, 1.807) is 38.1 Å². The third-order valence-electron chi connectivity index (χ3n) is 3.02. The van der Waals surface area contributed by atoms with E-state index in [1.807, 2.05) is 0 Å². The number of esters is 1. The molecule has 0 aliphatic heterocycles. The predicted molar refractivity (Wildman–Crippen MR) is 95.6 cm³/mol. The van der Waals surface area contributed by atoms with Gasteiger partial charge in [0.2, 0.25) is 5.75 Å². The Bertz CT molecular complexity index is 619. The molecule has 0 unspecified atom stereocenters. The van der Waals surface area contributed by atoms with Gasteiger partial charge in [-0.15, -0.1) is 0 Å². The fourth-order valence-corrected chi connectivity index (χ4v) is 3.53. The van der Waals surface area contributed by atoms with Gasteiger partial charge in [0, 0.05) is 6.92 Å². The van der Waals surface area contributed by atoms with Gasteiger partial charge in [0.25, 0.3) is 0 Å². The van der Waals surface area contributed by atoms with Crippen LogP contribution >= 0.6 is 7.60 Å². The van der Waals surface area contributed by atoms with Gasteiger partial charge in [-0.25, -0.2) is 0 Å². The lowest BCUT2D eigenvalue weighted by Crippen LogP contribution is -2.05. The number of ether oxygens (including phenoxy) is 3. The molecule has 0 N–H and O–H groups in total. The molecule has 0 spiro atoms. The Hall–Kier alpha value is -1.82. The van der Waals surface area contributed by atoms with Crippen molar-refractivity contribution >= 4 is 19.6 Å². The summed E-state index contributed by atoms with van der Waals surface area (Å²) in [7, 11) is -0.209. The summed E-state index contributed by atoms with van der Waals surface area (Å²) in [5.41, 5.74) is 0.726. The number of benzene rings is 1. The molecule has 0 saturated heterocycles. The zero-order valence-corrected chi connectivity index (χ0v) is 16.1. The zero-order chi connectivity index (χ0) is 18.9. The maximum absolute atomic E-state index is 12.4. The van der Waals surface area contributed by atoms with Crippen LogP contribution in [0.15, 0.2) is 18.2 Å². The fraction of sp³-hybridized carbons (Fsp3) is 0.471. The summed E-state index contributed by atoms with van der Waals surface area (Å²) in [5.74, 6) is 0.442. The van der Waals surface area contributed by atoms with Crippen LogP contribution in [0.3, 0.4) is 0 Å². The van der Waals surface area contributed by atoms with E-state index in [-0.39, 0.29) is 11.9 Å². The Balaban J connectivity index is 3.05. The third-order valence-corrected chi connectivity index (χ3v) is 4.98. The first-order chi connectivity index (χ1) is 11.9. The first-order valence-corrected chi connectivity index (χ1v) is 9.61. The van der Waals surface area contributed by atoms with Crippen LogP contribution in [0.1, 0.15) is 26.3 Å². The van der Waals surface area contributed by atoms with Crippen molar-refractivity contribution < 1.29 is 32.6 Å². The molecule has 0 saturated carbocycles. The average Bonchev–Trinajstić information content (AvgIpc) is 2.55. The second-order valence-electron chi connectivity index (χ2n) is 4.88. The molecule has 1 aromatic carbocycles. The largest absolute Gasteiger partial charge is 0.493 e. The zero-order valence-electron chi connectivity index (χ0n) is 15.2. The van der Waals surface area contributed by atoms with Crippen molar-refractivity contribution in [3.05, 3.63) is 23.8 Å². The van der Waals surface area contributed by atoms with Crippen LogP contribution in [0.2, 0.25) is 0 Å². The molecule has 0 amide bonds. The highest BCUT2D eigenvalue weighted by Gasteiger charge is 2.21. The van der Waals surface area contributed by atoms with Crippen LogP contribution in [0, 0.1) is 0 Å². The second kappa shape index (κ2) is 10.2. The molecule has 0 fully saturated rings. The van der Waals surface area contributed by atoms with Crippen molar-refractivity contribution in [3.63, 3.8) is 0 Å². The first kappa shape index (κ1) is 21.2. The van der Waals surface area contributed by atoms with E-state index in [2.05, 4.69) is 0 Å². The van der Waals surface area contributed by atoms with Crippen molar-refractivity contribution in [2.75, 3.05) is 33.6 Å². The van der Waals surface area contributed by atoms with Crippen LogP contribution in [-0.4, -0.2) is 39.6 Å². The molecule has 25 heavy (non-hydrogen) atoms. The molecule has 0 aromatic heterocycles. The molecule has 0 radical (unpaired) electrons. The summed E-state index contributed by atoms with van der Waals surface area (Å²) in [4.78, 5) is 11.2. The Morgan fingerprint density at radius 1 is 1.08 bits per heavy atom. The van der Waals surface area contributed by atoms with Gasteiger partial charge in [-0.05, 0) is 31.5 Å². The first-order valence-electron chi connectivity index (χ1n) is 7.88. The van der Waals surface area contributed by atoms with E-state index < -0.39 is 13.6 Å². The molecule has 0 bridgehead atoms. The highest BCUT2D eigenvalue weighted by atomic mass is 31.2. The highest BCUT2D eigenvalue weighted by molar-refractivity contribution is 7.54.